The fourth-order valence-corrected chi connectivity index (χ4v) is 3.48. The van der Waals surface area contributed by atoms with E-state index in [1.807, 2.05) is 0 Å². The van der Waals surface area contributed by atoms with E-state index in [2.05, 4.69) is 47.4 Å². The Bertz CT molecular complexity index is 610. The standard InChI is InChI=1S/C16H24N4S/c1-4-8-17-15-18-13(12-5-11-21-14(12)19-15)20-9-6-16(2,3)7-10-20/h5,11H,4,6-10H2,1-3H3,(H,17,18,19). The van der Waals surface area contributed by atoms with Crippen LogP contribution in [-0.2, 0) is 0 Å². The summed E-state index contributed by atoms with van der Waals surface area (Å²) >= 11 is 1.70. The van der Waals surface area contributed by atoms with Crippen molar-refractivity contribution in [3.63, 3.8) is 0 Å². The van der Waals surface area contributed by atoms with Crippen molar-refractivity contribution in [3.8, 4) is 0 Å². The van der Waals surface area contributed by atoms with E-state index in [9.17, 15) is 0 Å². The zero-order valence-corrected chi connectivity index (χ0v) is 14.0. The molecule has 114 valence electrons. The van der Waals surface area contributed by atoms with Crippen LogP contribution in [0.25, 0.3) is 10.2 Å². The van der Waals surface area contributed by atoms with Gasteiger partial charge in [0.25, 0.3) is 0 Å². The number of piperidine rings is 1. The summed E-state index contributed by atoms with van der Waals surface area (Å²) in [5.74, 6) is 1.88. The number of hydrogen-bond donors (Lipinski definition) is 1. The third-order valence-electron chi connectivity index (χ3n) is 4.25. The molecule has 1 aliphatic heterocycles. The van der Waals surface area contributed by atoms with Gasteiger partial charge < -0.3 is 10.2 Å². The van der Waals surface area contributed by atoms with E-state index in [0.29, 0.717) is 5.41 Å². The van der Waals surface area contributed by atoms with Crippen molar-refractivity contribution < 1.29 is 0 Å². The average Bonchev–Trinajstić information content (AvgIpc) is 2.92. The minimum absolute atomic E-state index is 0.459. The van der Waals surface area contributed by atoms with Gasteiger partial charge in [0.2, 0.25) is 5.95 Å². The smallest absolute Gasteiger partial charge is 0.226 e. The van der Waals surface area contributed by atoms with Gasteiger partial charge in [0, 0.05) is 19.6 Å². The topological polar surface area (TPSA) is 41.1 Å². The second-order valence-electron chi connectivity index (χ2n) is 6.59. The summed E-state index contributed by atoms with van der Waals surface area (Å²) in [6.07, 6.45) is 3.53. The first-order chi connectivity index (χ1) is 10.1. The number of fused-ring (bicyclic) bond motifs is 1. The largest absolute Gasteiger partial charge is 0.356 e. The number of aromatic nitrogens is 2. The van der Waals surface area contributed by atoms with Crippen LogP contribution in [0.2, 0.25) is 0 Å². The van der Waals surface area contributed by atoms with E-state index in [0.717, 1.165) is 42.7 Å². The zero-order chi connectivity index (χ0) is 14.9. The molecule has 0 amide bonds. The van der Waals surface area contributed by atoms with E-state index < -0.39 is 0 Å². The van der Waals surface area contributed by atoms with Gasteiger partial charge in [0.1, 0.15) is 10.6 Å². The predicted octanol–water partition coefficient (Wildman–Crippen LogP) is 4.14. The predicted molar refractivity (Wildman–Crippen MR) is 91.4 cm³/mol. The van der Waals surface area contributed by atoms with Gasteiger partial charge in [0.05, 0.1) is 5.39 Å². The lowest BCUT2D eigenvalue weighted by Gasteiger charge is -2.37. The van der Waals surface area contributed by atoms with Crippen molar-refractivity contribution in [2.75, 3.05) is 29.9 Å². The highest BCUT2D eigenvalue weighted by Gasteiger charge is 2.27. The van der Waals surface area contributed by atoms with Gasteiger partial charge >= 0.3 is 0 Å². The molecule has 0 saturated carbocycles. The minimum Gasteiger partial charge on any atom is -0.356 e. The van der Waals surface area contributed by atoms with Crippen LogP contribution in [0.5, 0.6) is 0 Å². The second-order valence-corrected chi connectivity index (χ2v) is 7.48. The molecule has 1 saturated heterocycles. The molecular weight excluding hydrogens is 280 g/mol. The van der Waals surface area contributed by atoms with Gasteiger partial charge in [0.15, 0.2) is 0 Å². The highest BCUT2D eigenvalue weighted by atomic mass is 32.1. The molecular formula is C16H24N4S. The Hall–Kier alpha value is -1.36. The van der Waals surface area contributed by atoms with Gasteiger partial charge in [-0.3, -0.25) is 0 Å². The summed E-state index contributed by atoms with van der Waals surface area (Å²) in [6, 6.07) is 2.15. The fourth-order valence-electron chi connectivity index (χ4n) is 2.72. The van der Waals surface area contributed by atoms with Crippen LogP contribution in [0.15, 0.2) is 11.4 Å². The first-order valence-electron chi connectivity index (χ1n) is 7.83. The first-order valence-corrected chi connectivity index (χ1v) is 8.71. The van der Waals surface area contributed by atoms with Gasteiger partial charge in [-0.25, -0.2) is 4.98 Å². The van der Waals surface area contributed by atoms with E-state index in [-0.39, 0.29) is 0 Å². The average molecular weight is 304 g/mol. The molecule has 0 bridgehead atoms. The van der Waals surface area contributed by atoms with Crippen LogP contribution in [0, 0.1) is 5.41 Å². The summed E-state index contributed by atoms with van der Waals surface area (Å²) < 4.78 is 0. The maximum Gasteiger partial charge on any atom is 0.226 e. The number of hydrogen-bond acceptors (Lipinski definition) is 5. The molecule has 1 N–H and O–H groups in total. The van der Waals surface area contributed by atoms with Crippen LogP contribution in [0.1, 0.15) is 40.0 Å². The van der Waals surface area contributed by atoms with E-state index in [1.54, 1.807) is 11.3 Å². The second kappa shape index (κ2) is 5.79. The van der Waals surface area contributed by atoms with Gasteiger partial charge in [-0.2, -0.15) is 4.98 Å². The van der Waals surface area contributed by atoms with Crippen molar-refractivity contribution in [3.05, 3.63) is 11.4 Å². The molecule has 0 radical (unpaired) electrons. The summed E-state index contributed by atoms with van der Waals surface area (Å²) in [7, 11) is 0. The molecule has 0 aromatic carbocycles. The SMILES string of the molecule is CCCNc1nc(N2CCC(C)(C)CC2)c2ccsc2n1. The molecule has 0 spiro atoms. The number of anilines is 2. The molecule has 3 heterocycles. The van der Waals surface area contributed by atoms with Gasteiger partial charge in [-0.15, -0.1) is 11.3 Å². The van der Waals surface area contributed by atoms with E-state index in [1.165, 1.54) is 18.2 Å². The molecule has 3 rings (SSSR count). The van der Waals surface area contributed by atoms with Crippen LogP contribution >= 0.6 is 11.3 Å². The molecule has 1 aliphatic rings. The van der Waals surface area contributed by atoms with Gasteiger partial charge in [-0.1, -0.05) is 20.8 Å². The summed E-state index contributed by atoms with van der Waals surface area (Å²) in [6.45, 7) is 9.97. The fraction of sp³-hybridized carbons (Fsp3) is 0.625. The minimum atomic E-state index is 0.459. The lowest BCUT2D eigenvalue weighted by Crippen LogP contribution is -2.38. The normalized spacial score (nSPS) is 18.1. The third-order valence-corrected chi connectivity index (χ3v) is 5.06. The quantitative estimate of drug-likeness (QED) is 0.921. The molecule has 0 atom stereocenters. The highest BCUT2D eigenvalue weighted by molar-refractivity contribution is 7.16. The van der Waals surface area contributed by atoms with Crippen molar-refractivity contribution in [2.24, 2.45) is 5.41 Å². The van der Waals surface area contributed by atoms with E-state index in [4.69, 9.17) is 4.98 Å². The molecule has 0 unspecified atom stereocenters. The number of nitrogens with zero attached hydrogens (tertiary/aromatic N) is 3. The van der Waals surface area contributed by atoms with Crippen molar-refractivity contribution >= 4 is 33.3 Å². The Balaban J connectivity index is 1.91. The van der Waals surface area contributed by atoms with Crippen LogP contribution in [0.3, 0.4) is 0 Å². The first kappa shape index (κ1) is 14.6. The van der Waals surface area contributed by atoms with Crippen molar-refractivity contribution in [1.82, 2.24) is 9.97 Å². The monoisotopic (exact) mass is 304 g/mol. The Kier molecular flexibility index (Phi) is 4.02. The molecule has 4 nitrogen and oxygen atoms in total. The number of rotatable bonds is 4. The van der Waals surface area contributed by atoms with Crippen molar-refractivity contribution in [1.29, 1.82) is 0 Å². The molecule has 21 heavy (non-hydrogen) atoms. The zero-order valence-electron chi connectivity index (χ0n) is 13.1. The molecule has 1 fully saturated rings. The summed E-state index contributed by atoms with van der Waals surface area (Å²) in [4.78, 5) is 12.9. The summed E-state index contributed by atoms with van der Waals surface area (Å²) in [5, 5.41) is 6.64. The van der Waals surface area contributed by atoms with E-state index >= 15 is 0 Å². The molecule has 2 aromatic rings. The van der Waals surface area contributed by atoms with Crippen LogP contribution in [0.4, 0.5) is 11.8 Å². The Morgan fingerprint density at radius 1 is 1.29 bits per heavy atom. The lowest BCUT2D eigenvalue weighted by atomic mass is 9.82. The molecule has 0 aliphatic carbocycles. The lowest BCUT2D eigenvalue weighted by molar-refractivity contribution is 0.279. The number of thiophene rings is 1. The Morgan fingerprint density at radius 2 is 2.05 bits per heavy atom. The third kappa shape index (κ3) is 3.12. The van der Waals surface area contributed by atoms with Crippen LogP contribution < -0.4 is 10.2 Å². The maximum absolute atomic E-state index is 4.79. The van der Waals surface area contributed by atoms with Gasteiger partial charge in [-0.05, 0) is 36.1 Å². The Labute approximate surface area is 130 Å². The molecule has 2 aromatic heterocycles. The Morgan fingerprint density at radius 3 is 2.76 bits per heavy atom. The summed E-state index contributed by atoms with van der Waals surface area (Å²) in [5.41, 5.74) is 0.459. The molecule has 5 heteroatoms. The maximum atomic E-state index is 4.79. The highest BCUT2D eigenvalue weighted by Crippen LogP contribution is 2.35. The number of nitrogens with one attached hydrogen (secondary N) is 1. The van der Waals surface area contributed by atoms with Crippen molar-refractivity contribution in [2.45, 2.75) is 40.0 Å². The van der Waals surface area contributed by atoms with Crippen LogP contribution in [-0.4, -0.2) is 29.6 Å².